The molecule has 0 saturated heterocycles. The molecular weight excluding hydrogens is 1000 g/mol. The van der Waals surface area contributed by atoms with Gasteiger partial charge in [0.25, 0.3) is 0 Å². The summed E-state index contributed by atoms with van der Waals surface area (Å²) in [5.41, 5.74) is 0. The number of rotatable bonds is 59. The van der Waals surface area contributed by atoms with E-state index in [0.717, 1.165) is 96.3 Å². The van der Waals surface area contributed by atoms with E-state index in [9.17, 15) is 19.0 Å². The number of likely N-dealkylation sites (N-methyl/N-ethyl adjacent to an activating group) is 1. The maximum Gasteiger partial charge on any atom is 0.472 e. The number of carbonyl (C=O) groups is 2. The first-order valence-corrected chi connectivity index (χ1v) is 34.4. The molecule has 0 rings (SSSR count). The van der Waals surface area contributed by atoms with Crippen LogP contribution in [0.4, 0.5) is 0 Å². The van der Waals surface area contributed by atoms with Gasteiger partial charge in [-0.25, -0.2) is 4.57 Å². The van der Waals surface area contributed by atoms with Crippen molar-refractivity contribution in [3.8, 4) is 0 Å². The number of carbonyl (C=O) groups excluding carboxylic acids is 2. The largest absolute Gasteiger partial charge is 0.472 e. The van der Waals surface area contributed by atoms with Crippen molar-refractivity contribution in [2.45, 2.75) is 303 Å². The lowest BCUT2D eigenvalue weighted by molar-refractivity contribution is -0.870. The van der Waals surface area contributed by atoms with Gasteiger partial charge >= 0.3 is 13.8 Å². The molecular formula is C69H126N2O7P+. The second-order valence-corrected chi connectivity index (χ2v) is 24.8. The van der Waals surface area contributed by atoms with E-state index >= 15 is 0 Å². The molecule has 9 nitrogen and oxygen atoms in total. The molecule has 0 aromatic carbocycles. The molecule has 0 spiro atoms. The average molecular weight is 1130 g/mol. The summed E-state index contributed by atoms with van der Waals surface area (Å²) in [6.07, 6.45) is 77.3. The molecule has 0 aliphatic heterocycles. The Morgan fingerprint density at radius 1 is 0.456 bits per heavy atom. The van der Waals surface area contributed by atoms with Gasteiger partial charge in [-0.05, 0) is 102 Å². The van der Waals surface area contributed by atoms with Gasteiger partial charge in [-0.1, -0.05) is 260 Å². The van der Waals surface area contributed by atoms with Crippen LogP contribution < -0.4 is 5.32 Å². The van der Waals surface area contributed by atoms with E-state index in [1.807, 2.05) is 33.3 Å². The quantitative estimate of drug-likeness (QED) is 0.0156. The number of nitrogens with zero attached hydrogens (tertiary/aromatic N) is 1. The number of ether oxygens (including phenoxy) is 1. The molecule has 0 bridgehead atoms. The summed E-state index contributed by atoms with van der Waals surface area (Å²) >= 11 is 0. The summed E-state index contributed by atoms with van der Waals surface area (Å²) in [6, 6.07) is -0.859. The van der Waals surface area contributed by atoms with Gasteiger partial charge in [0.15, 0.2) is 0 Å². The first-order valence-electron chi connectivity index (χ1n) is 32.9. The number of allylic oxidation sites excluding steroid dienone is 13. The van der Waals surface area contributed by atoms with Crippen LogP contribution in [0.2, 0.25) is 0 Å². The minimum atomic E-state index is -4.45. The fourth-order valence-electron chi connectivity index (χ4n) is 9.21. The van der Waals surface area contributed by atoms with Gasteiger partial charge in [0.05, 0.1) is 33.8 Å². The molecule has 10 heteroatoms. The third-order valence-electron chi connectivity index (χ3n) is 14.3. The minimum absolute atomic E-state index is 0.0346. The molecule has 79 heavy (non-hydrogen) atoms. The topological polar surface area (TPSA) is 111 Å². The van der Waals surface area contributed by atoms with Gasteiger partial charge in [-0.15, -0.1) is 0 Å². The van der Waals surface area contributed by atoms with Gasteiger partial charge in [0.2, 0.25) is 5.91 Å². The molecule has 0 heterocycles. The fraction of sp³-hybridized carbons (Fsp3) is 0.768. The van der Waals surface area contributed by atoms with Crippen molar-refractivity contribution in [3.05, 3.63) is 85.1 Å². The van der Waals surface area contributed by atoms with Crippen molar-refractivity contribution in [2.75, 3.05) is 40.9 Å². The maximum atomic E-state index is 13.5. The molecule has 0 aliphatic carbocycles. The van der Waals surface area contributed by atoms with E-state index in [2.05, 4.69) is 99.0 Å². The maximum absolute atomic E-state index is 13.5. The van der Waals surface area contributed by atoms with Crippen LogP contribution in [0, 0.1) is 0 Å². The zero-order chi connectivity index (χ0) is 57.9. The lowest BCUT2D eigenvalue weighted by Gasteiger charge is -2.27. The van der Waals surface area contributed by atoms with Gasteiger partial charge in [0, 0.05) is 12.8 Å². The van der Waals surface area contributed by atoms with Crippen molar-refractivity contribution in [2.24, 2.45) is 0 Å². The zero-order valence-corrected chi connectivity index (χ0v) is 53.2. The van der Waals surface area contributed by atoms with Crippen molar-refractivity contribution in [3.63, 3.8) is 0 Å². The number of hydrogen-bond acceptors (Lipinski definition) is 6. The lowest BCUT2D eigenvalue weighted by atomic mass is 10.0. The van der Waals surface area contributed by atoms with Crippen LogP contribution in [0.1, 0.15) is 290 Å². The predicted octanol–water partition coefficient (Wildman–Crippen LogP) is 20.6. The zero-order valence-electron chi connectivity index (χ0n) is 52.3. The molecule has 0 aromatic heterocycles. The van der Waals surface area contributed by atoms with Gasteiger partial charge in [0.1, 0.15) is 19.3 Å². The Kier molecular flexibility index (Phi) is 56.3. The third-order valence-corrected chi connectivity index (χ3v) is 15.3. The molecule has 0 fully saturated rings. The molecule has 0 aliphatic rings. The van der Waals surface area contributed by atoms with Crippen molar-refractivity contribution < 1.29 is 37.3 Å². The summed E-state index contributed by atoms with van der Waals surface area (Å²) < 4.78 is 30.7. The van der Waals surface area contributed by atoms with E-state index in [-0.39, 0.29) is 31.5 Å². The molecule has 3 unspecified atom stereocenters. The van der Waals surface area contributed by atoms with Crippen LogP contribution in [0.5, 0.6) is 0 Å². The molecule has 3 atom stereocenters. The normalized spacial score (nSPS) is 14.2. The molecule has 458 valence electrons. The van der Waals surface area contributed by atoms with E-state index in [1.165, 1.54) is 161 Å². The summed E-state index contributed by atoms with van der Waals surface area (Å²) in [4.78, 5) is 37.7. The molecule has 2 N–H and O–H groups in total. The number of esters is 1. The summed E-state index contributed by atoms with van der Waals surface area (Å²) in [7, 11) is 1.48. The Morgan fingerprint density at radius 2 is 0.810 bits per heavy atom. The highest BCUT2D eigenvalue weighted by Crippen LogP contribution is 2.43. The Bertz CT molecular complexity index is 1630. The number of hydrogen-bond donors (Lipinski definition) is 2. The van der Waals surface area contributed by atoms with Gasteiger partial charge < -0.3 is 19.4 Å². The number of phosphoric acid groups is 1. The van der Waals surface area contributed by atoms with Crippen molar-refractivity contribution in [1.82, 2.24) is 5.32 Å². The monoisotopic (exact) mass is 1130 g/mol. The second kappa shape index (κ2) is 58.4. The number of quaternary nitrogens is 1. The first kappa shape index (κ1) is 76.2. The Hall–Kier alpha value is -2.81. The standard InChI is InChI=1S/C69H125N2O7P/c1-7-10-13-16-19-22-25-27-29-30-31-32-33-34-35-36-37-38-39-40-42-44-47-50-53-56-59-62-69(73)78-67(60-57-54-51-48-45-24-21-18-15-12-9-3)66(65-77-79(74,75)76-64-63-71(4,5)6)70-68(72)61-58-55-52-49-46-43-41-28-26-23-20-17-14-11-8-2/h19-20,22-23,26-29,31-32,34-35,57,60,66-67H,7-18,21,24-25,30,33,36-56,58-59,61-65H2,1-6H3,(H-,70,72,74,75)/p+1/b22-19-,23-20+,28-26+,29-27-,32-31-,35-34-,60-57-. The van der Waals surface area contributed by atoms with E-state index in [0.29, 0.717) is 17.4 Å². The molecule has 0 radical (unpaired) electrons. The van der Waals surface area contributed by atoms with Crippen molar-refractivity contribution >= 4 is 19.7 Å². The van der Waals surface area contributed by atoms with Crippen LogP contribution >= 0.6 is 7.82 Å². The summed E-state index contributed by atoms with van der Waals surface area (Å²) in [5.74, 6) is -0.521. The van der Waals surface area contributed by atoms with Crippen LogP contribution in [-0.4, -0.2) is 74.3 Å². The number of unbranched alkanes of at least 4 members (excludes halogenated alkanes) is 32. The Balaban J connectivity index is 5.06. The highest BCUT2D eigenvalue weighted by Gasteiger charge is 2.30. The minimum Gasteiger partial charge on any atom is -0.456 e. The SMILES string of the molecule is CCCCC/C=C\C/C=C\C/C=C\C/C=C\CCCCCCCCCCCCCC(=O)OC(/C=C\CCCCCCCCCCC)C(COP(=O)(O)OCC[N+](C)(C)C)NC(=O)CCCCCCCC/C=C/C=C/CCCCC. The second-order valence-electron chi connectivity index (χ2n) is 23.3. The van der Waals surface area contributed by atoms with Gasteiger partial charge in [-0.3, -0.25) is 18.6 Å². The smallest absolute Gasteiger partial charge is 0.456 e. The van der Waals surface area contributed by atoms with E-state index < -0.39 is 20.0 Å². The summed E-state index contributed by atoms with van der Waals surface area (Å²) in [5, 5.41) is 3.05. The predicted molar refractivity (Wildman–Crippen MR) is 341 cm³/mol. The Morgan fingerprint density at radius 3 is 1.25 bits per heavy atom. The molecule has 1 amide bonds. The van der Waals surface area contributed by atoms with Crippen LogP contribution in [-0.2, 0) is 27.9 Å². The third kappa shape index (κ3) is 59.6. The van der Waals surface area contributed by atoms with Crippen LogP contribution in [0.25, 0.3) is 0 Å². The highest BCUT2D eigenvalue weighted by molar-refractivity contribution is 7.47. The van der Waals surface area contributed by atoms with Crippen LogP contribution in [0.3, 0.4) is 0 Å². The Labute approximate surface area is 488 Å². The number of phosphoric ester groups is 1. The van der Waals surface area contributed by atoms with Crippen molar-refractivity contribution in [1.29, 1.82) is 0 Å². The van der Waals surface area contributed by atoms with Gasteiger partial charge in [-0.2, -0.15) is 0 Å². The summed E-state index contributed by atoms with van der Waals surface area (Å²) in [6.45, 7) is 6.95. The first-order chi connectivity index (χ1) is 38.4. The van der Waals surface area contributed by atoms with E-state index in [4.69, 9.17) is 13.8 Å². The lowest BCUT2D eigenvalue weighted by Crippen LogP contribution is -2.47. The fourth-order valence-corrected chi connectivity index (χ4v) is 9.94. The van der Waals surface area contributed by atoms with Crippen LogP contribution in [0.15, 0.2) is 85.1 Å². The highest BCUT2D eigenvalue weighted by atomic mass is 31.2. The molecule has 0 saturated carbocycles. The number of amides is 1. The average Bonchev–Trinajstić information content (AvgIpc) is 3.41. The van der Waals surface area contributed by atoms with E-state index in [1.54, 1.807) is 0 Å². The molecule has 0 aromatic rings. The number of nitrogens with one attached hydrogen (secondary N) is 1.